The fraction of sp³-hybridized carbons (Fsp3) is 0.143. The minimum absolute atomic E-state index is 0.0656. The molecule has 4 heteroatoms. The van der Waals surface area contributed by atoms with Crippen LogP contribution >= 0.6 is 23.2 Å². The third-order valence-electron chi connectivity index (χ3n) is 2.70. The Kier molecular flexibility index (Phi) is 4.23. The van der Waals surface area contributed by atoms with E-state index in [-0.39, 0.29) is 11.4 Å². The van der Waals surface area contributed by atoms with E-state index in [2.05, 4.69) is 0 Å². The number of benzene rings is 2. The van der Waals surface area contributed by atoms with Crippen LogP contribution in [0.25, 0.3) is 0 Å². The van der Waals surface area contributed by atoms with E-state index < -0.39 is 11.9 Å². The van der Waals surface area contributed by atoms with Crippen LogP contribution in [-0.2, 0) is 6.42 Å². The molecule has 0 saturated carbocycles. The molecule has 1 nitrogen and oxygen atoms in total. The maximum Gasteiger partial charge on any atom is 0.145 e. The van der Waals surface area contributed by atoms with Crippen molar-refractivity contribution in [1.29, 1.82) is 0 Å². The second-order valence-corrected chi connectivity index (χ2v) is 4.83. The lowest BCUT2D eigenvalue weighted by Crippen LogP contribution is -2.03. The fourth-order valence-corrected chi connectivity index (χ4v) is 2.04. The molecule has 0 aliphatic rings. The highest BCUT2D eigenvalue weighted by Gasteiger charge is 2.13. The lowest BCUT2D eigenvalue weighted by atomic mass is 10.0. The van der Waals surface area contributed by atoms with Gasteiger partial charge in [0.15, 0.2) is 0 Å². The molecule has 0 bridgehead atoms. The second-order valence-electron chi connectivity index (χ2n) is 3.98. The standard InChI is InChI=1S/C14H11Cl2FO/c15-11-6-4-9(5-7-11)13(18)8-10-2-1-3-12(16)14(10)17/h1-7,13,18H,8H2. The highest BCUT2D eigenvalue weighted by molar-refractivity contribution is 6.31. The molecule has 1 atom stereocenters. The van der Waals surface area contributed by atoms with Crippen LogP contribution in [0.3, 0.4) is 0 Å². The molecule has 18 heavy (non-hydrogen) atoms. The smallest absolute Gasteiger partial charge is 0.145 e. The minimum atomic E-state index is -0.782. The van der Waals surface area contributed by atoms with Crippen LogP contribution in [0.2, 0.25) is 10.0 Å². The van der Waals surface area contributed by atoms with Crippen LogP contribution < -0.4 is 0 Å². The average molecular weight is 285 g/mol. The van der Waals surface area contributed by atoms with E-state index >= 15 is 0 Å². The molecule has 0 aliphatic heterocycles. The molecule has 2 aromatic carbocycles. The summed E-state index contributed by atoms with van der Waals surface area (Å²) in [5.41, 5.74) is 1.09. The molecule has 1 N–H and O–H groups in total. The Morgan fingerprint density at radius 1 is 1.06 bits per heavy atom. The van der Waals surface area contributed by atoms with Gasteiger partial charge < -0.3 is 5.11 Å². The zero-order chi connectivity index (χ0) is 13.1. The van der Waals surface area contributed by atoms with Crippen LogP contribution in [-0.4, -0.2) is 5.11 Å². The van der Waals surface area contributed by atoms with Gasteiger partial charge in [0.2, 0.25) is 0 Å². The first kappa shape index (κ1) is 13.3. The monoisotopic (exact) mass is 284 g/mol. The van der Waals surface area contributed by atoms with Gasteiger partial charge in [-0.05, 0) is 29.3 Å². The van der Waals surface area contributed by atoms with Crippen molar-refractivity contribution >= 4 is 23.2 Å². The summed E-state index contributed by atoms with van der Waals surface area (Å²) < 4.78 is 13.7. The highest BCUT2D eigenvalue weighted by Crippen LogP contribution is 2.24. The third-order valence-corrected chi connectivity index (χ3v) is 3.24. The second kappa shape index (κ2) is 5.70. The molecule has 0 fully saturated rings. The van der Waals surface area contributed by atoms with Gasteiger partial charge in [0.05, 0.1) is 11.1 Å². The summed E-state index contributed by atoms with van der Waals surface area (Å²) in [7, 11) is 0. The number of aliphatic hydroxyl groups excluding tert-OH is 1. The molecule has 0 saturated heterocycles. The van der Waals surface area contributed by atoms with Gasteiger partial charge >= 0.3 is 0 Å². The van der Waals surface area contributed by atoms with Crippen molar-refractivity contribution in [2.24, 2.45) is 0 Å². The van der Waals surface area contributed by atoms with Crippen LogP contribution in [0, 0.1) is 5.82 Å². The molecule has 0 heterocycles. The minimum Gasteiger partial charge on any atom is -0.388 e. The zero-order valence-corrected chi connectivity index (χ0v) is 10.9. The van der Waals surface area contributed by atoms with Crippen molar-refractivity contribution in [2.75, 3.05) is 0 Å². The molecule has 0 amide bonds. The quantitative estimate of drug-likeness (QED) is 0.885. The normalized spacial score (nSPS) is 12.4. The lowest BCUT2D eigenvalue weighted by Gasteiger charge is -2.12. The summed E-state index contributed by atoms with van der Waals surface area (Å²) in [5.74, 6) is -0.479. The summed E-state index contributed by atoms with van der Waals surface area (Å²) in [5, 5.41) is 10.7. The van der Waals surface area contributed by atoms with Crippen molar-refractivity contribution in [1.82, 2.24) is 0 Å². The Hall–Kier alpha value is -1.09. The van der Waals surface area contributed by atoms with E-state index in [1.54, 1.807) is 36.4 Å². The molecular formula is C14H11Cl2FO. The van der Waals surface area contributed by atoms with Crippen LogP contribution in [0.4, 0.5) is 4.39 Å². The molecular weight excluding hydrogens is 274 g/mol. The van der Waals surface area contributed by atoms with Crippen molar-refractivity contribution in [3.63, 3.8) is 0 Å². The zero-order valence-electron chi connectivity index (χ0n) is 9.41. The molecule has 0 radical (unpaired) electrons. The molecule has 1 unspecified atom stereocenters. The Balaban J connectivity index is 2.18. The van der Waals surface area contributed by atoms with E-state index in [1.807, 2.05) is 0 Å². The average Bonchev–Trinajstić information content (AvgIpc) is 2.36. The molecule has 0 aromatic heterocycles. The summed E-state index contributed by atoms with van der Waals surface area (Å²) in [6.07, 6.45) is -0.608. The Morgan fingerprint density at radius 3 is 2.39 bits per heavy atom. The van der Waals surface area contributed by atoms with Gasteiger partial charge in [-0.1, -0.05) is 47.5 Å². The van der Waals surface area contributed by atoms with Crippen molar-refractivity contribution < 1.29 is 9.50 Å². The van der Waals surface area contributed by atoms with Gasteiger partial charge in [-0.15, -0.1) is 0 Å². The number of hydrogen-bond acceptors (Lipinski definition) is 1. The van der Waals surface area contributed by atoms with E-state index in [0.717, 1.165) is 0 Å². The number of halogens is 3. The first-order chi connectivity index (χ1) is 8.58. The third kappa shape index (κ3) is 3.02. The Labute approximate surface area is 115 Å². The van der Waals surface area contributed by atoms with E-state index in [1.165, 1.54) is 6.07 Å². The predicted octanol–water partition coefficient (Wildman–Crippen LogP) is 4.41. The highest BCUT2D eigenvalue weighted by atomic mass is 35.5. The first-order valence-electron chi connectivity index (χ1n) is 5.44. The van der Waals surface area contributed by atoms with Gasteiger partial charge in [0.1, 0.15) is 5.82 Å². The van der Waals surface area contributed by atoms with E-state index in [4.69, 9.17) is 23.2 Å². The van der Waals surface area contributed by atoms with Crippen molar-refractivity contribution in [3.8, 4) is 0 Å². The largest absolute Gasteiger partial charge is 0.388 e. The maximum absolute atomic E-state index is 13.7. The topological polar surface area (TPSA) is 20.2 Å². The van der Waals surface area contributed by atoms with Crippen molar-refractivity contribution in [2.45, 2.75) is 12.5 Å². The van der Waals surface area contributed by atoms with Gasteiger partial charge in [-0.3, -0.25) is 0 Å². The van der Waals surface area contributed by atoms with Gasteiger partial charge in [0, 0.05) is 11.4 Å². The number of hydrogen-bond donors (Lipinski definition) is 1. The molecule has 2 rings (SSSR count). The summed E-state index contributed by atoms with van der Waals surface area (Å²) in [6, 6.07) is 11.6. The van der Waals surface area contributed by atoms with E-state index in [0.29, 0.717) is 16.1 Å². The first-order valence-corrected chi connectivity index (χ1v) is 6.20. The number of rotatable bonds is 3. The summed E-state index contributed by atoms with van der Waals surface area (Å²) in [4.78, 5) is 0. The van der Waals surface area contributed by atoms with E-state index in [9.17, 15) is 9.50 Å². The van der Waals surface area contributed by atoms with Crippen LogP contribution in [0.15, 0.2) is 42.5 Å². The molecule has 0 spiro atoms. The lowest BCUT2D eigenvalue weighted by molar-refractivity contribution is 0.177. The predicted molar refractivity (Wildman–Crippen MR) is 71.5 cm³/mol. The Morgan fingerprint density at radius 2 is 1.72 bits per heavy atom. The van der Waals surface area contributed by atoms with Crippen molar-refractivity contribution in [3.05, 3.63) is 69.5 Å². The molecule has 94 valence electrons. The van der Waals surface area contributed by atoms with Gasteiger partial charge in [0.25, 0.3) is 0 Å². The van der Waals surface area contributed by atoms with Crippen LogP contribution in [0.5, 0.6) is 0 Å². The van der Waals surface area contributed by atoms with Gasteiger partial charge in [-0.25, -0.2) is 4.39 Å². The summed E-state index contributed by atoms with van der Waals surface area (Å²) >= 11 is 11.5. The van der Waals surface area contributed by atoms with Crippen LogP contribution in [0.1, 0.15) is 17.2 Å². The fourth-order valence-electron chi connectivity index (χ4n) is 1.72. The molecule has 0 aliphatic carbocycles. The molecule has 2 aromatic rings. The number of aliphatic hydroxyl groups is 1. The summed E-state index contributed by atoms with van der Waals surface area (Å²) in [6.45, 7) is 0. The van der Waals surface area contributed by atoms with Gasteiger partial charge in [-0.2, -0.15) is 0 Å². The SMILES string of the molecule is OC(Cc1cccc(Cl)c1F)c1ccc(Cl)cc1. The maximum atomic E-state index is 13.7. The Bertz CT molecular complexity index is 540.